The highest BCUT2D eigenvalue weighted by Gasteiger charge is 2.05. The summed E-state index contributed by atoms with van der Waals surface area (Å²) >= 11 is 0. The number of hydrogen-bond acceptors (Lipinski definition) is 1. The minimum Gasteiger partial charge on any atom is -0.366 e. The number of fused-ring (bicyclic) bond motifs is 3. The molecule has 15 heavy (non-hydrogen) atoms. The molecule has 0 fully saturated rings. The summed E-state index contributed by atoms with van der Waals surface area (Å²) in [5.74, 6) is 0. The molecular weight excluding hydrogens is 186 g/mol. The molecule has 3 rings (SSSR count). The first kappa shape index (κ1) is 8.24. The van der Waals surface area contributed by atoms with Crippen LogP contribution in [-0.2, 0) is 0 Å². The van der Waals surface area contributed by atoms with Crippen molar-refractivity contribution in [2.75, 3.05) is 0 Å². The largest absolute Gasteiger partial charge is 0.366 e. The second-order valence-corrected chi connectivity index (χ2v) is 3.60. The topological polar surface area (TPSA) is 32.9 Å². The highest BCUT2D eigenvalue weighted by atomic mass is 16.1. The molecule has 2 nitrogen and oxygen atoms in total. The normalized spacial score (nSPS) is 10.9. The van der Waals surface area contributed by atoms with Gasteiger partial charge < -0.3 is 4.98 Å². The van der Waals surface area contributed by atoms with Gasteiger partial charge in [0.1, 0.15) is 0 Å². The molecule has 0 radical (unpaired) electrons. The van der Waals surface area contributed by atoms with Gasteiger partial charge >= 0.3 is 0 Å². The van der Waals surface area contributed by atoms with E-state index in [-0.39, 0.29) is 5.43 Å². The Bertz CT molecular complexity index is 654. The van der Waals surface area contributed by atoms with Crippen LogP contribution >= 0.6 is 0 Å². The molecule has 0 spiro atoms. The van der Waals surface area contributed by atoms with Crippen LogP contribution in [0.3, 0.4) is 0 Å². The summed E-state index contributed by atoms with van der Waals surface area (Å²) in [6.07, 6.45) is 3.86. The Morgan fingerprint density at radius 1 is 1.00 bits per heavy atom. The summed E-state index contributed by atoms with van der Waals surface area (Å²) in [4.78, 5) is 14.4. The second kappa shape index (κ2) is 2.95. The molecule has 0 amide bonds. The number of rotatable bonds is 0. The number of H-pyrrole nitrogens is 1. The molecule has 0 bridgehead atoms. The van der Waals surface area contributed by atoms with Crippen LogP contribution < -0.4 is 5.43 Å². The molecule has 72 valence electrons. The molecule has 1 heterocycles. The first-order valence-corrected chi connectivity index (χ1v) is 4.84. The highest BCUT2D eigenvalue weighted by molar-refractivity contribution is 5.96. The van der Waals surface area contributed by atoms with Crippen LogP contribution in [0.15, 0.2) is 53.6 Å². The molecule has 0 aliphatic heterocycles. The van der Waals surface area contributed by atoms with E-state index in [4.69, 9.17) is 0 Å². The molecule has 0 unspecified atom stereocenters. The van der Waals surface area contributed by atoms with Crippen LogP contribution in [0.4, 0.5) is 0 Å². The van der Waals surface area contributed by atoms with Crippen molar-refractivity contribution in [2.24, 2.45) is 0 Å². The maximum atomic E-state index is 11.3. The monoisotopic (exact) mass is 195 g/mol. The zero-order valence-corrected chi connectivity index (χ0v) is 8.03. The van der Waals surface area contributed by atoms with E-state index in [2.05, 4.69) is 4.98 Å². The van der Waals surface area contributed by atoms with Crippen molar-refractivity contribution in [3.8, 4) is 11.1 Å². The molecule has 1 aromatic heterocycles. The summed E-state index contributed by atoms with van der Waals surface area (Å²) in [5, 5.41) is 2.21. The maximum Gasteiger partial charge on any atom is 0.179 e. The van der Waals surface area contributed by atoms with Crippen molar-refractivity contribution in [1.82, 2.24) is 4.98 Å². The molecule has 0 saturated carbocycles. The molecule has 2 aliphatic carbocycles. The first-order chi connectivity index (χ1) is 7.34. The van der Waals surface area contributed by atoms with E-state index in [1.165, 1.54) is 0 Å². The van der Waals surface area contributed by atoms with Crippen molar-refractivity contribution in [1.29, 1.82) is 0 Å². The van der Waals surface area contributed by atoms with Gasteiger partial charge in [-0.05, 0) is 28.6 Å². The van der Waals surface area contributed by atoms with Crippen LogP contribution in [0.5, 0.6) is 0 Å². The molecule has 1 N–H and O–H groups in total. The minimum absolute atomic E-state index is 0.0520. The number of aromatic amines is 1. The number of nitrogens with one attached hydrogen (secondary N) is 1. The first-order valence-electron chi connectivity index (χ1n) is 4.84. The summed E-state index contributed by atoms with van der Waals surface area (Å²) in [6.45, 7) is 0. The SMILES string of the molecule is O=c1ccc2cccc3c[nH]cc3c-2c1. The van der Waals surface area contributed by atoms with Crippen molar-refractivity contribution in [3.05, 3.63) is 59.0 Å². The molecule has 0 aromatic carbocycles. The third kappa shape index (κ3) is 1.22. The van der Waals surface area contributed by atoms with Gasteiger partial charge in [0.15, 0.2) is 5.43 Å². The average Bonchev–Trinajstić information content (AvgIpc) is 2.62. The standard InChI is InChI=1S/C13H9NO/c15-11-5-4-9-2-1-3-10-7-14-8-13(10)12(9)6-11/h1-8,14H. The lowest BCUT2D eigenvalue weighted by molar-refractivity contribution is 1.43. The quantitative estimate of drug-likeness (QED) is 0.587. The third-order valence-corrected chi connectivity index (χ3v) is 2.64. The average molecular weight is 195 g/mol. The van der Waals surface area contributed by atoms with Gasteiger partial charge in [0.25, 0.3) is 0 Å². The fourth-order valence-corrected chi connectivity index (χ4v) is 1.92. The van der Waals surface area contributed by atoms with Crippen LogP contribution in [0.2, 0.25) is 0 Å². The van der Waals surface area contributed by atoms with E-state index >= 15 is 0 Å². The lowest BCUT2D eigenvalue weighted by Crippen LogP contribution is -1.96. The Kier molecular flexibility index (Phi) is 1.62. The van der Waals surface area contributed by atoms with Gasteiger partial charge in [0.2, 0.25) is 0 Å². The van der Waals surface area contributed by atoms with E-state index in [0.717, 1.165) is 21.9 Å². The summed E-state index contributed by atoms with van der Waals surface area (Å²) in [7, 11) is 0. The zero-order chi connectivity index (χ0) is 10.3. The van der Waals surface area contributed by atoms with Gasteiger partial charge in [-0.2, -0.15) is 0 Å². The lowest BCUT2D eigenvalue weighted by atomic mass is 10.0. The predicted molar refractivity (Wildman–Crippen MR) is 61.2 cm³/mol. The van der Waals surface area contributed by atoms with Gasteiger partial charge in [0.05, 0.1) is 0 Å². The molecule has 2 heteroatoms. The van der Waals surface area contributed by atoms with Gasteiger partial charge in [-0.25, -0.2) is 0 Å². The third-order valence-electron chi connectivity index (χ3n) is 2.64. The smallest absolute Gasteiger partial charge is 0.179 e. The van der Waals surface area contributed by atoms with E-state index in [0.29, 0.717) is 0 Å². The summed E-state index contributed by atoms with van der Waals surface area (Å²) in [6, 6.07) is 11.2. The van der Waals surface area contributed by atoms with Gasteiger partial charge in [-0.15, -0.1) is 0 Å². The van der Waals surface area contributed by atoms with E-state index in [1.54, 1.807) is 12.1 Å². The molecule has 1 aromatic rings. The van der Waals surface area contributed by atoms with Crippen LogP contribution in [0.25, 0.3) is 21.9 Å². The van der Waals surface area contributed by atoms with Crippen molar-refractivity contribution in [2.45, 2.75) is 0 Å². The van der Waals surface area contributed by atoms with Crippen molar-refractivity contribution >= 4 is 10.8 Å². The van der Waals surface area contributed by atoms with Crippen LogP contribution in [-0.4, -0.2) is 4.98 Å². The number of aromatic nitrogens is 1. The number of hydrogen-bond donors (Lipinski definition) is 1. The van der Waals surface area contributed by atoms with Crippen LogP contribution in [0.1, 0.15) is 0 Å². The predicted octanol–water partition coefficient (Wildman–Crippen LogP) is 2.63. The zero-order valence-electron chi connectivity index (χ0n) is 8.03. The minimum atomic E-state index is 0.0520. The fourth-order valence-electron chi connectivity index (χ4n) is 1.92. The van der Waals surface area contributed by atoms with Crippen LogP contribution in [0, 0.1) is 0 Å². The highest BCUT2D eigenvalue weighted by Crippen LogP contribution is 2.27. The Morgan fingerprint density at radius 3 is 2.87 bits per heavy atom. The molecular formula is C13H9NO. The molecule has 0 atom stereocenters. The maximum absolute atomic E-state index is 11.3. The second-order valence-electron chi connectivity index (χ2n) is 3.60. The molecule has 0 saturated heterocycles. The fraction of sp³-hybridized carbons (Fsp3) is 0. The molecule has 2 aliphatic rings. The Labute approximate surface area is 86.5 Å². The van der Waals surface area contributed by atoms with Crippen molar-refractivity contribution < 1.29 is 0 Å². The van der Waals surface area contributed by atoms with E-state index in [1.807, 2.05) is 36.7 Å². The number of benzene rings is 1. The van der Waals surface area contributed by atoms with E-state index in [9.17, 15) is 4.79 Å². The van der Waals surface area contributed by atoms with Gasteiger partial charge in [-0.1, -0.05) is 24.3 Å². The summed E-state index contributed by atoms with van der Waals surface area (Å²) < 4.78 is 0. The summed E-state index contributed by atoms with van der Waals surface area (Å²) in [5.41, 5.74) is 2.14. The Hall–Kier alpha value is -2.09. The van der Waals surface area contributed by atoms with E-state index < -0.39 is 0 Å². The van der Waals surface area contributed by atoms with Crippen molar-refractivity contribution in [3.63, 3.8) is 0 Å². The lowest BCUT2D eigenvalue weighted by Gasteiger charge is -1.99. The Balaban J connectivity index is 2.60. The van der Waals surface area contributed by atoms with Gasteiger partial charge in [-0.3, -0.25) is 4.79 Å². The Morgan fingerprint density at radius 2 is 1.93 bits per heavy atom. The van der Waals surface area contributed by atoms with Gasteiger partial charge in [0, 0.05) is 17.8 Å².